The van der Waals surface area contributed by atoms with Crippen molar-refractivity contribution in [3.63, 3.8) is 0 Å². The highest BCUT2D eigenvalue weighted by Gasteiger charge is 2.40. The van der Waals surface area contributed by atoms with Crippen molar-refractivity contribution >= 4 is 17.7 Å². The van der Waals surface area contributed by atoms with Crippen LogP contribution in [0.3, 0.4) is 0 Å². The maximum atomic E-state index is 12.7. The highest BCUT2D eigenvalue weighted by atomic mass is 32.2. The molecule has 1 aliphatic rings. The molecule has 1 aliphatic carbocycles. The van der Waals surface area contributed by atoms with E-state index in [2.05, 4.69) is 15.2 Å². The lowest BCUT2D eigenvalue weighted by atomic mass is 10.2. The van der Waals surface area contributed by atoms with Crippen LogP contribution in [0, 0.1) is 5.92 Å². The smallest absolute Gasteiger partial charge is 0.330 e. The summed E-state index contributed by atoms with van der Waals surface area (Å²) < 4.78 is 38.2. The number of thioether (sulfide) groups is 1. The molecule has 1 heterocycles. The first-order valence-electron chi connectivity index (χ1n) is 7.58. The van der Waals surface area contributed by atoms with Gasteiger partial charge in [-0.2, -0.15) is 13.2 Å². The van der Waals surface area contributed by atoms with Gasteiger partial charge >= 0.3 is 6.18 Å². The second-order valence-electron chi connectivity index (χ2n) is 6.16. The Bertz CT molecular complexity index is 542. The first-order valence-corrected chi connectivity index (χ1v) is 8.57. The van der Waals surface area contributed by atoms with Gasteiger partial charge in [-0.05, 0) is 25.7 Å². The Morgan fingerprint density at radius 1 is 1.39 bits per heavy atom. The van der Waals surface area contributed by atoms with Crippen LogP contribution in [0.15, 0.2) is 5.16 Å². The molecule has 0 saturated heterocycles. The van der Waals surface area contributed by atoms with E-state index in [0.29, 0.717) is 11.0 Å². The molecule has 1 fully saturated rings. The lowest BCUT2D eigenvalue weighted by Crippen LogP contribution is -2.46. The van der Waals surface area contributed by atoms with Crippen LogP contribution in [0.4, 0.5) is 13.2 Å². The van der Waals surface area contributed by atoms with Crippen LogP contribution >= 0.6 is 11.8 Å². The van der Waals surface area contributed by atoms with E-state index in [-0.39, 0.29) is 23.6 Å². The zero-order chi connectivity index (χ0) is 17.2. The van der Waals surface area contributed by atoms with Gasteiger partial charge in [-0.1, -0.05) is 25.6 Å². The van der Waals surface area contributed by atoms with Crippen LogP contribution in [0.25, 0.3) is 0 Å². The third-order valence-electron chi connectivity index (χ3n) is 3.82. The van der Waals surface area contributed by atoms with Gasteiger partial charge in [0.15, 0.2) is 0 Å². The molecule has 1 amide bonds. The summed E-state index contributed by atoms with van der Waals surface area (Å²) in [6.45, 7) is 4.38. The predicted octanol–water partition coefficient (Wildman–Crippen LogP) is 3.21. The molecule has 0 aliphatic heterocycles. The van der Waals surface area contributed by atoms with Crippen molar-refractivity contribution < 1.29 is 18.0 Å². The van der Waals surface area contributed by atoms with Gasteiger partial charge in [0.05, 0.1) is 5.75 Å². The van der Waals surface area contributed by atoms with Crippen molar-refractivity contribution in [2.75, 3.05) is 12.3 Å². The monoisotopic (exact) mass is 350 g/mol. The fourth-order valence-corrected chi connectivity index (χ4v) is 2.97. The van der Waals surface area contributed by atoms with E-state index in [0.717, 1.165) is 29.5 Å². The molecular weight excluding hydrogens is 329 g/mol. The van der Waals surface area contributed by atoms with Gasteiger partial charge in [0.2, 0.25) is 11.1 Å². The highest BCUT2D eigenvalue weighted by Crippen LogP contribution is 2.36. The van der Waals surface area contributed by atoms with Crippen molar-refractivity contribution in [2.45, 2.75) is 56.9 Å². The van der Waals surface area contributed by atoms with Crippen molar-refractivity contribution in [3.8, 4) is 0 Å². The largest absolute Gasteiger partial charge is 0.406 e. The Labute approximate surface area is 137 Å². The Hall–Kier alpha value is -1.25. The molecule has 2 rings (SSSR count). The molecule has 1 unspecified atom stereocenters. The van der Waals surface area contributed by atoms with Crippen LogP contribution in [0.1, 0.15) is 45.4 Å². The number of hydrogen-bond donors (Lipinski definition) is 1. The SMILES string of the molecule is CC(C)c1nc(SCC(=O)N(CC(F)(F)F)C(C)C2CC2)n[nH]1. The lowest BCUT2D eigenvalue weighted by molar-refractivity contribution is -0.164. The molecule has 1 N–H and O–H groups in total. The molecular formula is C14H21F3N4OS. The number of aromatic amines is 1. The van der Waals surface area contributed by atoms with Crippen molar-refractivity contribution in [1.29, 1.82) is 0 Å². The standard InChI is InChI=1S/C14H21F3N4OS/c1-8(2)12-18-13(20-19-12)23-6-11(22)21(7-14(15,16)17)9(3)10-4-5-10/h8-10H,4-7H2,1-3H3,(H,18,19,20). The zero-order valence-electron chi connectivity index (χ0n) is 13.4. The molecule has 9 heteroatoms. The molecule has 5 nitrogen and oxygen atoms in total. The molecule has 1 aromatic rings. The van der Waals surface area contributed by atoms with Gasteiger partial charge in [0.1, 0.15) is 12.4 Å². The van der Waals surface area contributed by atoms with Gasteiger partial charge in [-0.3, -0.25) is 9.89 Å². The Balaban J connectivity index is 1.96. The van der Waals surface area contributed by atoms with Crippen molar-refractivity contribution in [1.82, 2.24) is 20.1 Å². The summed E-state index contributed by atoms with van der Waals surface area (Å²) in [6.07, 6.45) is -2.62. The molecule has 1 atom stereocenters. The van der Waals surface area contributed by atoms with E-state index in [1.165, 1.54) is 0 Å². The topological polar surface area (TPSA) is 61.9 Å². The van der Waals surface area contributed by atoms with Gasteiger partial charge in [0, 0.05) is 12.0 Å². The van der Waals surface area contributed by atoms with E-state index in [4.69, 9.17) is 0 Å². The maximum absolute atomic E-state index is 12.7. The van der Waals surface area contributed by atoms with E-state index >= 15 is 0 Å². The number of carbonyl (C=O) groups is 1. The molecule has 1 aromatic heterocycles. The number of alkyl halides is 3. The molecule has 0 bridgehead atoms. The number of nitrogens with zero attached hydrogens (tertiary/aromatic N) is 3. The fourth-order valence-electron chi connectivity index (χ4n) is 2.28. The van der Waals surface area contributed by atoms with E-state index in [9.17, 15) is 18.0 Å². The summed E-state index contributed by atoms with van der Waals surface area (Å²) in [5, 5.41) is 7.11. The summed E-state index contributed by atoms with van der Waals surface area (Å²) in [7, 11) is 0. The fraction of sp³-hybridized carbons (Fsp3) is 0.786. The quantitative estimate of drug-likeness (QED) is 0.767. The number of hydrogen-bond acceptors (Lipinski definition) is 4. The molecule has 0 aromatic carbocycles. The first kappa shape index (κ1) is 18.1. The maximum Gasteiger partial charge on any atom is 0.406 e. The highest BCUT2D eigenvalue weighted by molar-refractivity contribution is 7.99. The minimum Gasteiger partial charge on any atom is -0.330 e. The van der Waals surface area contributed by atoms with Crippen molar-refractivity contribution in [2.24, 2.45) is 5.92 Å². The zero-order valence-corrected chi connectivity index (χ0v) is 14.2. The molecule has 0 spiro atoms. The number of nitrogens with one attached hydrogen (secondary N) is 1. The number of halogens is 3. The summed E-state index contributed by atoms with van der Waals surface area (Å²) in [4.78, 5) is 17.4. The normalized spacial score (nSPS) is 16.7. The molecule has 0 radical (unpaired) electrons. The third kappa shape index (κ3) is 5.40. The summed E-state index contributed by atoms with van der Waals surface area (Å²) in [5.41, 5.74) is 0. The summed E-state index contributed by atoms with van der Waals surface area (Å²) in [6, 6.07) is -0.386. The summed E-state index contributed by atoms with van der Waals surface area (Å²) in [5.74, 6) is 0.426. The van der Waals surface area contributed by atoms with Crippen LogP contribution in [-0.4, -0.2) is 50.5 Å². The van der Waals surface area contributed by atoms with E-state index in [1.54, 1.807) is 6.92 Å². The average Bonchev–Trinajstić information content (AvgIpc) is 3.18. The Morgan fingerprint density at radius 2 is 2.04 bits per heavy atom. The van der Waals surface area contributed by atoms with Gasteiger partial charge < -0.3 is 4.90 Å². The summed E-state index contributed by atoms with van der Waals surface area (Å²) >= 11 is 1.06. The second kappa shape index (κ2) is 7.11. The minimum atomic E-state index is -4.39. The number of carbonyl (C=O) groups excluding carboxylic acids is 1. The van der Waals surface area contributed by atoms with Crippen LogP contribution < -0.4 is 0 Å². The van der Waals surface area contributed by atoms with Crippen LogP contribution in [0.5, 0.6) is 0 Å². The third-order valence-corrected chi connectivity index (χ3v) is 4.65. The molecule has 130 valence electrons. The van der Waals surface area contributed by atoms with Gasteiger partial charge in [0.25, 0.3) is 0 Å². The molecule has 1 saturated carbocycles. The number of amides is 1. The number of aromatic nitrogens is 3. The average molecular weight is 350 g/mol. The minimum absolute atomic E-state index is 0.0947. The number of rotatable bonds is 7. The van der Waals surface area contributed by atoms with Crippen molar-refractivity contribution in [3.05, 3.63) is 5.82 Å². The molecule has 23 heavy (non-hydrogen) atoms. The van der Waals surface area contributed by atoms with E-state index in [1.807, 2.05) is 13.8 Å². The lowest BCUT2D eigenvalue weighted by Gasteiger charge is -2.30. The van der Waals surface area contributed by atoms with E-state index < -0.39 is 18.6 Å². The van der Waals surface area contributed by atoms with Crippen LogP contribution in [-0.2, 0) is 4.79 Å². The Kier molecular flexibility index (Phi) is 5.59. The Morgan fingerprint density at radius 3 is 2.52 bits per heavy atom. The first-order chi connectivity index (χ1) is 10.7. The van der Waals surface area contributed by atoms with Crippen LogP contribution in [0.2, 0.25) is 0 Å². The predicted molar refractivity (Wildman–Crippen MR) is 81.1 cm³/mol. The number of H-pyrrole nitrogens is 1. The van der Waals surface area contributed by atoms with Gasteiger partial charge in [-0.25, -0.2) is 4.98 Å². The van der Waals surface area contributed by atoms with Gasteiger partial charge in [-0.15, -0.1) is 5.10 Å². The second-order valence-corrected chi connectivity index (χ2v) is 7.10.